The maximum atomic E-state index is 13.4. The second-order valence-corrected chi connectivity index (χ2v) is 9.07. The number of methoxy groups -OCH3 is 1. The van der Waals surface area contributed by atoms with Crippen molar-refractivity contribution >= 4 is 23.5 Å². The number of benzene rings is 2. The lowest BCUT2D eigenvalue weighted by molar-refractivity contribution is 0.0696. The number of nitrogens with zero attached hydrogens (tertiary/aromatic N) is 1. The molecule has 0 atom stereocenters. The van der Waals surface area contributed by atoms with E-state index < -0.39 is 17.8 Å². The molecule has 1 saturated carbocycles. The molecule has 0 saturated heterocycles. The Kier molecular flexibility index (Phi) is 7.68. The van der Waals surface area contributed by atoms with Gasteiger partial charge < -0.3 is 25.3 Å². The first kappa shape index (κ1) is 25.0. The fraction of sp³-hybridized carbons (Fsp3) is 0.333. The van der Waals surface area contributed by atoms with Crippen LogP contribution in [-0.4, -0.2) is 45.1 Å². The van der Waals surface area contributed by atoms with Crippen LogP contribution in [0.4, 0.5) is 5.69 Å². The number of amides is 1. The van der Waals surface area contributed by atoms with Crippen LogP contribution >= 0.6 is 0 Å². The molecule has 188 valence electrons. The minimum atomic E-state index is -1.29. The van der Waals surface area contributed by atoms with Gasteiger partial charge in [-0.1, -0.05) is 50.7 Å². The summed E-state index contributed by atoms with van der Waals surface area (Å²) in [5.74, 6) is -1.51. The Bertz CT molecular complexity index is 1240. The number of aromatic amines is 1. The van der Waals surface area contributed by atoms with Gasteiger partial charge in [0.15, 0.2) is 0 Å². The van der Waals surface area contributed by atoms with Gasteiger partial charge >= 0.3 is 11.9 Å². The highest BCUT2D eigenvalue weighted by Gasteiger charge is 2.23. The van der Waals surface area contributed by atoms with Crippen LogP contribution in [0.15, 0.2) is 42.5 Å². The number of nitrogens with one attached hydrogen (secondary N) is 2. The fourth-order valence-corrected chi connectivity index (χ4v) is 4.65. The lowest BCUT2D eigenvalue weighted by atomic mass is 9.94. The molecular formula is C27H29N3O6. The average molecular weight is 492 g/mol. The van der Waals surface area contributed by atoms with Gasteiger partial charge in [-0.2, -0.15) is 0 Å². The van der Waals surface area contributed by atoms with Crippen molar-refractivity contribution in [3.8, 4) is 17.1 Å². The molecule has 0 aliphatic heterocycles. The Morgan fingerprint density at radius 2 is 1.67 bits per heavy atom. The van der Waals surface area contributed by atoms with E-state index in [2.05, 4.69) is 15.3 Å². The zero-order valence-electron chi connectivity index (χ0n) is 20.0. The van der Waals surface area contributed by atoms with Crippen molar-refractivity contribution < 1.29 is 29.3 Å². The van der Waals surface area contributed by atoms with Crippen LogP contribution in [0, 0.1) is 5.92 Å². The molecule has 0 unspecified atom stereocenters. The van der Waals surface area contributed by atoms with Crippen LogP contribution in [-0.2, 0) is 6.42 Å². The highest BCUT2D eigenvalue weighted by Crippen LogP contribution is 2.29. The van der Waals surface area contributed by atoms with E-state index >= 15 is 0 Å². The molecule has 4 rings (SSSR count). The quantitative estimate of drug-likeness (QED) is 0.315. The van der Waals surface area contributed by atoms with E-state index in [0.29, 0.717) is 29.6 Å². The number of ether oxygens (including phenoxy) is 1. The number of carboxylic acids is 2. The Balaban J connectivity index is 1.69. The molecule has 1 aliphatic carbocycles. The summed E-state index contributed by atoms with van der Waals surface area (Å²) in [5.41, 5.74) is 1.27. The van der Waals surface area contributed by atoms with Gasteiger partial charge in [0.25, 0.3) is 5.91 Å². The molecule has 0 bridgehead atoms. The van der Waals surface area contributed by atoms with Gasteiger partial charge in [-0.15, -0.1) is 0 Å². The zero-order valence-corrected chi connectivity index (χ0v) is 20.0. The van der Waals surface area contributed by atoms with Gasteiger partial charge in [0.2, 0.25) is 0 Å². The first-order chi connectivity index (χ1) is 17.3. The van der Waals surface area contributed by atoms with Crippen molar-refractivity contribution in [2.75, 3.05) is 12.4 Å². The molecule has 1 heterocycles. The zero-order chi connectivity index (χ0) is 25.7. The third-order valence-electron chi connectivity index (χ3n) is 6.49. The number of carbonyl (C=O) groups excluding carboxylic acids is 1. The predicted molar refractivity (Wildman–Crippen MR) is 134 cm³/mol. The van der Waals surface area contributed by atoms with Gasteiger partial charge in [0.1, 0.15) is 17.3 Å². The predicted octanol–water partition coefficient (Wildman–Crippen LogP) is 5.25. The molecule has 1 fully saturated rings. The maximum absolute atomic E-state index is 13.4. The van der Waals surface area contributed by atoms with E-state index in [-0.39, 0.29) is 22.5 Å². The van der Waals surface area contributed by atoms with E-state index in [1.54, 1.807) is 7.11 Å². The number of carboxylic acid groups (broad SMARTS) is 2. The second kappa shape index (κ2) is 11.1. The summed E-state index contributed by atoms with van der Waals surface area (Å²) in [5, 5.41) is 21.4. The second-order valence-electron chi connectivity index (χ2n) is 9.07. The smallest absolute Gasteiger partial charge is 0.335 e. The van der Waals surface area contributed by atoms with Crippen molar-refractivity contribution in [3.63, 3.8) is 0 Å². The van der Waals surface area contributed by atoms with Crippen LogP contribution in [0.3, 0.4) is 0 Å². The number of hydrogen-bond donors (Lipinski definition) is 4. The van der Waals surface area contributed by atoms with Crippen molar-refractivity contribution in [2.24, 2.45) is 5.92 Å². The monoisotopic (exact) mass is 491 g/mol. The molecule has 1 aliphatic rings. The summed E-state index contributed by atoms with van der Waals surface area (Å²) in [4.78, 5) is 44.2. The fourth-order valence-electron chi connectivity index (χ4n) is 4.65. The molecule has 1 aromatic heterocycles. The van der Waals surface area contributed by atoms with Crippen LogP contribution in [0.25, 0.3) is 11.4 Å². The molecule has 3 aromatic rings. The van der Waals surface area contributed by atoms with Crippen LogP contribution in [0.5, 0.6) is 5.75 Å². The Morgan fingerprint density at radius 1 is 1.00 bits per heavy atom. The summed E-state index contributed by atoms with van der Waals surface area (Å²) in [7, 11) is 1.58. The van der Waals surface area contributed by atoms with Gasteiger partial charge in [-0.3, -0.25) is 4.79 Å². The van der Waals surface area contributed by atoms with Gasteiger partial charge in [0, 0.05) is 16.9 Å². The lowest BCUT2D eigenvalue weighted by Gasteiger charge is -2.14. The molecule has 0 radical (unpaired) electrons. The van der Waals surface area contributed by atoms with E-state index in [9.17, 15) is 24.6 Å². The largest absolute Gasteiger partial charge is 0.497 e. The highest BCUT2D eigenvalue weighted by atomic mass is 16.5. The number of H-pyrrole nitrogens is 1. The summed E-state index contributed by atoms with van der Waals surface area (Å²) >= 11 is 0. The first-order valence-corrected chi connectivity index (χ1v) is 12.0. The lowest BCUT2D eigenvalue weighted by Crippen LogP contribution is -2.17. The van der Waals surface area contributed by atoms with Crippen molar-refractivity contribution in [1.82, 2.24) is 9.97 Å². The van der Waals surface area contributed by atoms with E-state index in [1.807, 2.05) is 24.3 Å². The number of imidazole rings is 1. The maximum Gasteiger partial charge on any atom is 0.335 e. The van der Waals surface area contributed by atoms with Crippen LogP contribution < -0.4 is 10.1 Å². The number of aromatic carboxylic acids is 2. The average Bonchev–Trinajstić information content (AvgIpc) is 3.12. The number of rotatable bonds is 8. The van der Waals surface area contributed by atoms with Crippen molar-refractivity contribution in [2.45, 2.75) is 44.9 Å². The molecule has 0 spiro atoms. The Hall–Kier alpha value is -4.14. The van der Waals surface area contributed by atoms with Gasteiger partial charge in [-0.05, 0) is 42.7 Å². The minimum absolute atomic E-state index is 0.0728. The number of carbonyl (C=O) groups is 3. The molecule has 1 amide bonds. The number of aromatic nitrogens is 2. The van der Waals surface area contributed by atoms with Crippen molar-refractivity contribution in [1.29, 1.82) is 0 Å². The first-order valence-electron chi connectivity index (χ1n) is 12.0. The summed E-state index contributed by atoms with van der Waals surface area (Å²) in [6.45, 7) is 0. The van der Waals surface area contributed by atoms with Gasteiger partial charge in [0.05, 0.1) is 18.2 Å². The summed E-state index contributed by atoms with van der Waals surface area (Å²) in [6.07, 6.45) is 7.57. The molecule has 36 heavy (non-hydrogen) atoms. The molecule has 4 N–H and O–H groups in total. The standard InChI is InChI=1S/C27H29N3O6/c1-36-21-10-6-9-17(15-21)24-29-22(11-16-7-4-2-3-5-8-16)23(30-24)25(31)28-20-13-18(26(32)33)12-19(14-20)27(34)35/h6,9-10,12-16H,2-5,7-8,11H2,1H3,(H,28,31)(H,29,30)(H,32,33)(H,34,35). The third kappa shape index (κ3) is 5.91. The highest BCUT2D eigenvalue weighted by molar-refractivity contribution is 6.05. The third-order valence-corrected chi connectivity index (χ3v) is 6.49. The van der Waals surface area contributed by atoms with E-state index in [4.69, 9.17) is 4.74 Å². The SMILES string of the molecule is COc1cccc(-c2nc(C(=O)Nc3cc(C(=O)O)cc(C(=O)O)c3)c(CC3CCCCCC3)[nH]2)c1. The minimum Gasteiger partial charge on any atom is -0.497 e. The van der Waals surface area contributed by atoms with Gasteiger partial charge in [-0.25, -0.2) is 14.6 Å². The van der Waals surface area contributed by atoms with Crippen molar-refractivity contribution in [3.05, 3.63) is 65.0 Å². The normalized spacial score (nSPS) is 14.1. The number of anilines is 1. The number of hydrogen-bond acceptors (Lipinski definition) is 5. The van der Waals surface area contributed by atoms with E-state index in [0.717, 1.165) is 37.3 Å². The van der Waals surface area contributed by atoms with Crippen LogP contribution in [0.1, 0.15) is 75.4 Å². The molecule has 2 aromatic carbocycles. The topological polar surface area (TPSA) is 142 Å². The Morgan fingerprint density at radius 3 is 2.28 bits per heavy atom. The Labute approximate surface area is 208 Å². The molecular weight excluding hydrogens is 462 g/mol. The summed E-state index contributed by atoms with van der Waals surface area (Å²) in [6, 6.07) is 10.9. The summed E-state index contributed by atoms with van der Waals surface area (Å²) < 4.78 is 5.32. The molecule has 9 heteroatoms. The van der Waals surface area contributed by atoms with Crippen LogP contribution in [0.2, 0.25) is 0 Å². The molecule has 9 nitrogen and oxygen atoms in total. The van der Waals surface area contributed by atoms with E-state index in [1.165, 1.54) is 25.0 Å².